The van der Waals surface area contributed by atoms with E-state index in [1.807, 2.05) is 24.3 Å². The van der Waals surface area contributed by atoms with Crippen molar-refractivity contribution in [2.24, 2.45) is 0 Å². The van der Waals surface area contributed by atoms with Gasteiger partial charge in [0, 0.05) is 18.9 Å². The van der Waals surface area contributed by atoms with Crippen LogP contribution in [0.1, 0.15) is 11.1 Å². The number of rotatable bonds is 5. The number of nitrogens with one attached hydrogen (secondary N) is 1. The summed E-state index contributed by atoms with van der Waals surface area (Å²) < 4.78 is 0.868. The van der Waals surface area contributed by atoms with Crippen LogP contribution in [0.25, 0.3) is 0 Å². The molecule has 0 aliphatic rings. The van der Waals surface area contributed by atoms with E-state index in [4.69, 9.17) is 5.11 Å². The van der Waals surface area contributed by atoms with Gasteiger partial charge < -0.3 is 10.4 Å². The third-order valence-electron chi connectivity index (χ3n) is 2.52. The monoisotopic (exact) mass is 307 g/mol. The van der Waals surface area contributed by atoms with Crippen LogP contribution in [0.15, 0.2) is 41.1 Å². The molecule has 94 valence electrons. The second-order valence-electron chi connectivity index (χ2n) is 3.88. The molecule has 0 radical (unpaired) electrons. The van der Waals surface area contributed by atoms with Crippen LogP contribution in [0.2, 0.25) is 0 Å². The first kappa shape index (κ1) is 13.0. The van der Waals surface area contributed by atoms with Gasteiger partial charge >= 0.3 is 0 Å². The molecular weight excluding hydrogens is 294 g/mol. The van der Waals surface area contributed by atoms with Gasteiger partial charge in [0.25, 0.3) is 0 Å². The average molecular weight is 308 g/mol. The Bertz CT molecular complexity index is 485. The zero-order valence-electron chi connectivity index (χ0n) is 9.81. The first-order valence-corrected chi connectivity index (χ1v) is 6.47. The minimum absolute atomic E-state index is 0.0886. The van der Waals surface area contributed by atoms with Gasteiger partial charge in [-0.3, -0.25) is 0 Å². The molecule has 0 aliphatic heterocycles. The first-order chi connectivity index (χ1) is 8.78. The third-order valence-corrected chi connectivity index (χ3v) is 2.93. The van der Waals surface area contributed by atoms with E-state index in [9.17, 15) is 0 Å². The molecule has 1 heterocycles. The van der Waals surface area contributed by atoms with Crippen LogP contribution in [0, 0.1) is 0 Å². The van der Waals surface area contributed by atoms with E-state index < -0.39 is 0 Å². The van der Waals surface area contributed by atoms with Crippen LogP contribution in [0.5, 0.6) is 0 Å². The molecule has 1 aromatic heterocycles. The van der Waals surface area contributed by atoms with Gasteiger partial charge in [-0.2, -0.15) is 0 Å². The maximum absolute atomic E-state index is 8.94. The van der Waals surface area contributed by atoms with Crippen LogP contribution in [-0.4, -0.2) is 21.6 Å². The normalized spacial score (nSPS) is 10.3. The standard InChI is InChI=1S/C13H14BrN3O/c14-12-7-16-13(17-8-12)15-6-5-10-1-3-11(9-18)4-2-10/h1-4,7-8,18H,5-6,9H2,(H,15,16,17). The summed E-state index contributed by atoms with van der Waals surface area (Å²) in [4.78, 5) is 8.27. The number of hydrogen-bond donors (Lipinski definition) is 2. The van der Waals surface area contributed by atoms with E-state index in [-0.39, 0.29) is 6.61 Å². The number of aliphatic hydroxyl groups excluding tert-OH is 1. The van der Waals surface area contributed by atoms with Gasteiger partial charge in [-0.25, -0.2) is 9.97 Å². The van der Waals surface area contributed by atoms with E-state index in [0.29, 0.717) is 5.95 Å². The third kappa shape index (κ3) is 3.78. The van der Waals surface area contributed by atoms with Crippen molar-refractivity contribution in [2.45, 2.75) is 13.0 Å². The second-order valence-corrected chi connectivity index (χ2v) is 4.79. The van der Waals surface area contributed by atoms with Gasteiger partial charge in [0.2, 0.25) is 5.95 Å². The summed E-state index contributed by atoms with van der Waals surface area (Å²) in [5.41, 5.74) is 2.15. The topological polar surface area (TPSA) is 58.0 Å². The molecular formula is C13H14BrN3O. The van der Waals surface area contributed by atoms with Crippen LogP contribution in [0.3, 0.4) is 0 Å². The van der Waals surface area contributed by atoms with E-state index in [0.717, 1.165) is 23.0 Å². The van der Waals surface area contributed by atoms with E-state index in [1.54, 1.807) is 12.4 Å². The molecule has 0 amide bonds. The molecule has 5 heteroatoms. The highest BCUT2D eigenvalue weighted by molar-refractivity contribution is 9.10. The van der Waals surface area contributed by atoms with Crippen molar-refractivity contribution in [1.29, 1.82) is 0 Å². The predicted molar refractivity (Wildman–Crippen MR) is 74.3 cm³/mol. The Labute approximate surface area is 114 Å². The highest BCUT2D eigenvalue weighted by Gasteiger charge is 1.97. The maximum Gasteiger partial charge on any atom is 0.222 e. The number of aliphatic hydroxyl groups is 1. The van der Waals surface area contributed by atoms with Crippen LogP contribution < -0.4 is 5.32 Å². The molecule has 0 aliphatic carbocycles. The minimum Gasteiger partial charge on any atom is -0.392 e. The largest absolute Gasteiger partial charge is 0.392 e. The summed E-state index contributed by atoms with van der Waals surface area (Å²) in [6.07, 6.45) is 4.32. The molecule has 18 heavy (non-hydrogen) atoms. The lowest BCUT2D eigenvalue weighted by Crippen LogP contribution is -2.07. The lowest BCUT2D eigenvalue weighted by molar-refractivity contribution is 0.282. The maximum atomic E-state index is 8.94. The van der Waals surface area contributed by atoms with Gasteiger partial charge in [-0.05, 0) is 33.5 Å². The number of hydrogen-bond acceptors (Lipinski definition) is 4. The lowest BCUT2D eigenvalue weighted by Gasteiger charge is -2.05. The smallest absolute Gasteiger partial charge is 0.222 e. The van der Waals surface area contributed by atoms with Crippen molar-refractivity contribution in [1.82, 2.24) is 9.97 Å². The Kier molecular flexibility index (Phi) is 4.66. The molecule has 0 saturated heterocycles. The number of anilines is 1. The van der Waals surface area contributed by atoms with Gasteiger partial charge in [0.15, 0.2) is 0 Å². The Balaban J connectivity index is 1.82. The Morgan fingerprint density at radius 3 is 2.28 bits per heavy atom. The van der Waals surface area contributed by atoms with Crippen LogP contribution in [-0.2, 0) is 13.0 Å². The molecule has 0 fully saturated rings. The molecule has 2 N–H and O–H groups in total. The molecule has 4 nitrogen and oxygen atoms in total. The summed E-state index contributed by atoms with van der Waals surface area (Å²) in [6, 6.07) is 7.92. The lowest BCUT2D eigenvalue weighted by atomic mass is 10.1. The van der Waals surface area contributed by atoms with Crippen LogP contribution in [0.4, 0.5) is 5.95 Å². The number of nitrogens with zero attached hydrogens (tertiary/aromatic N) is 2. The van der Waals surface area contributed by atoms with Crippen LogP contribution >= 0.6 is 15.9 Å². The summed E-state index contributed by atoms with van der Waals surface area (Å²) in [7, 11) is 0. The fourth-order valence-electron chi connectivity index (χ4n) is 1.53. The quantitative estimate of drug-likeness (QED) is 0.890. The Morgan fingerprint density at radius 1 is 1.06 bits per heavy atom. The Morgan fingerprint density at radius 2 is 1.67 bits per heavy atom. The molecule has 1 aromatic carbocycles. The minimum atomic E-state index is 0.0886. The second kappa shape index (κ2) is 6.47. The predicted octanol–water partition coefficient (Wildman–Crippen LogP) is 2.39. The summed E-state index contributed by atoms with van der Waals surface area (Å²) >= 11 is 3.29. The van der Waals surface area contributed by atoms with E-state index >= 15 is 0 Å². The van der Waals surface area contributed by atoms with Gasteiger partial charge in [0.1, 0.15) is 0 Å². The van der Waals surface area contributed by atoms with E-state index in [2.05, 4.69) is 31.2 Å². The Hall–Kier alpha value is -1.46. The molecule has 0 unspecified atom stereocenters. The SMILES string of the molecule is OCc1ccc(CCNc2ncc(Br)cn2)cc1. The summed E-state index contributed by atoms with van der Waals surface area (Å²) in [5, 5.41) is 12.1. The van der Waals surface area contributed by atoms with Crippen molar-refractivity contribution in [3.63, 3.8) is 0 Å². The summed E-state index contributed by atoms with van der Waals surface area (Å²) in [5.74, 6) is 0.630. The molecule has 2 aromatic rings. The van der Waals surface area contributed by atoms with Crippen molar-refractivity contribution in [3.05, 3.63) is 52.3 Å². The molecule has 2 rings (SSSR count). The fourth-order valence-corrected chi connectivity index (χ4v) is 1.74. The number of benzene rings is 1. The van der Waals surface area contributed by atoms with Crippen molar-refractivity contribution in [2.75, 3.05) is 11.9 Å². The summed E-state index contributed by atoms with van der Waals surface area (Å²) in [6.45, 7) is 0.866. The van der Waals surface area contributed by atoms with Gasteiger partial charge in [-0.1, -0.05) is 24.3 Å². The number of aromatic nitrogens is 2. The zero-order valence-corrected chi connectivity index (χ0v) is 11.4. The fraction of sp³-hybridized carbons (Fsp3) is 0.231. The van der Waals surface area contributed by atoms with Crippen molar-refractivity contribution >= 4 is 21.9 Å². The van der Waals surface area contributed by atoms with Crippen molar-refractivity contribution < 1.29 is 5.11 Å². The highest BCUT2D eigenvalue weighted by Crippen LogP contribution is 2.08. The van der Waals surface area contributed by atoms with Crippen molar-refractivity contribution in [3.8, 4) is 0 Å². The van der Waals surface area contributed by atoms with E-state index in [1.165, 1.54) is 5.56 Å². The number of halogens is 1. The molecule has 0 saturated carbocycles. The van der Waals surface area contributed by atoms with Gasteiger partial charge in [0.05, 0.1) is 11.1 Å². The zero-order chi connectivity index (χ0) is 12.8. The first-order valence-electron chi connectivity index (χ1n) is 5.68. The molecule has 0 spiro atoms. The van der Waals surface area contributed by atoms with Gasteiger partial charge in [-0.15, -0.1) is 0 Å². The average Bonchev–Trinajstić information content (AvgIpc) is 2.42. The molecule has 0 bridgehead atoms. The molecule has 0 atom stereocenters. The highest BCUT2D eigenvalue weighted by atomic mass is 79.9.